The lowest BCUT2D eigenvalue weighted by atomic mass is 10.0. The van der Waals surface area contributed by atoms with Gasteiger partial charge in [0, 0.05) is 8.90 Å². The Labute approximate surface area is 118 Å². The van der Waals surface area contributed by atoms with Gasteiger partial charge < -0.3 is 4.74 Å². The van der Waals surface area contributed by atoms with E-state index in [2.05, 4.69) is 44.6 Å². The predicted octanol–water partition coefficient (Wildman–Crippen LogP) is 3.80. The second kappa shape index (κ2) is 7.27. The summed E-state index contributed by atoms with van der Waals surface area (Å²) >= 11 is 5.65. The lowest BCUT2D eigenvalue weighted by molar-refractivity contribution is 0.0525. The van der Waals surface area contributed by atoms with Gasteiger partial charge in [-0.2, -0.15) is 0 Å². The average Bonchev–Trinajstić information content (AvgIpc) is 2.26. The van der Waals surface area contributed by atoms with Crippen molar-refractivity contribution in [3.63, 3.8) is 0 Å². The van der Waals surface area contributed by atoms with Gasteiger partial charge in [-0.1, -0.05) is 15.9 Å². The maximum Gasteiger partial charge on any atom is 0.338 e. The Bertz CT molecular complexity index is 366. The number of carbonyl (C=O) groups is 1. The Morgan fingerprint density at radius 1 is 1.50 bits per heavy atom. The van der Waals surface area contributed by atoms with Gasteiger partial charge in [-0.3, -0.25) is 0 Å². The summed E-state index contributed by atoms with van der Waals surface area (Å²) < 4.78 is 6.18. The third-order valence-corrected chi connectivity index (χ3v) is 3.37. The highest BCUT2D eigenvalue weighted by Gasteiger charge is 2.12. The number of esters is 1. The monoisotopic (exact) mass is 396 g/mol. The van der Waals surface area contributed by atoms with Crippen LogP contribution in [0.1, 0.15) is 29.3 Å². The molecule has 0 atom stereocenters. The molecule has 4 heteroatoms. The fourth-order valence-corrected chi connectivity index (χ4v) is 2.27. The van der Waals surface area contributed by atoms with E-state index in [0.29, 0.717) is 12.2 Å². The van der Waals surface area contributed by atoms with Crippen LogP contribution in [-0.2, 0) is 11.2 Å². The molecule has 0 unspecified atom stereocenters. The standard InChI is InChI=1S/C12H14BrIO2/c1-2-16-12(15)11-6-5-10(14)8-9(11)4-3-7-13/h5-6,8H,2-4,7H2,1H3. The van der Waals surface area contributed by atoms with E-state index in [1.54, 1.807) is 0 Å². The molecule has 0 amide bonds. The van der Waals surface area contributed by atoms with E-state index < -0.39 is 0 Å². The second-order valence-electron chi connectivity index (χ2n) is 3.31. The maximum atomic E-state index is 11.7. The summed E-state index contributed by atoms with van der Waals surface area (Å²) in [5.41, 5.74) is 1.77. The number of aryl methyl sites for hydroxylation is 1. The van der Waals surface area contributed by atoms with E-state index in [-0.39, 0.29) is 5.97 Å². The van der Waals surface area contributed by atoms with E-state index in [0.717, 1.165) is 27.3 Å². The highest BCUT2D eigenvalue weighted by molar-refractivity contribution is 14.1. The van der Waals surface area contributed by atoms with Crippen LogP contribution in [0.4, 0.5) is 0 Å². The van der Waals surface area contributed by atoms with Crippen molar-refractivity contribution >= 4 is 44.5 Å². The van der Waals surface area contributed by atoms with E-state index in [4.69, 9.17) is 4.74 Å². The predicted molar refractivity (Wildman–Crippen MR) is 77.2 cm³/mol. The molecule has 0 saturated carbocycles. The van der Waals surface area contributed by atoms with Gasteiger partial charge in [0.25, 0.3) is 0 Å². The van der Waals surface area contributed by atoms with Crippen LogP contribution in [0.15, 0.2) is 18.2 Å². The van der Waals surface area contributed by atoms with Gasteiger partial charge in [-0.05, 0) is 66.1 Å². The molecule has 0 aliphatic heterocycles. The van der Waals surface area contributed by atoms with Crippen LogP contribution >= 0.6 is 38.5 Å². The lowest BCUT2D eigenvalue weighted by Crippen LogP contribution is -2.08. The van der Waals surface area contributed by atoms with Crippen molar-refractivity contribution in [2.45, 2.75) is 19.8 Å². The van der Waals surface area contributed by atoms with Gasteiger partial charge >= 0.3 is 5.97 Å². The highest BCUT2D eigenvalue weighted by atomic mass is 127. The summed E-state index contributed by atoms with van der Waals surface area (Å²) in [6.45, 7) is 2.24. The summed E-state index contributed by atoms with van der Waals surface area (Å²) in [4.78, 5) is 11.7. The van der Waals surface area contributed by atoms with Crippen molar-refractivity contribution < 1.29 is 9.53 Å². The molecule has 0 N–H and O–H groups in total. The molecular formula is C12H14BrIO2. The van der Waals surface area contributed by atoms with Crippen molar-refractivity contribution in [1.29, 1.82) is 0 Å². The zero-order valence-corrected chi connectivity index (χ0v) is 12.9. The smallest absolute Gasteiger partial charge is 0.338 e. The van der Waals surface area contributed by atoms with Crippen molar-refractivity contribution in [3.8, 4) is 0 Å². The molecule has 1 aromatic carbocycles. The molecule has 0 aliphatic rings. The lowest BCUT2D eigenvalue weighted by Gasteiger charge is -2.08. The first-order valence-corrected chi connectivity index (χ1v) is 7.40. The normalized spacial score (nSPS) is 10.2. The Morgan fingerprint density at radius 2 is 2.25 bits per heavy atom. The van der Waals surface area contributed by atoms with Gasteiger partial charge in [-0.25, -0.2) is 4.79 Å². The number of alkyl halides is 1. The number of ether oxygens (including phenoxy) is 1. The van der Waals surface area contributed by atoms with E-state index in [9.17, 15) is 4.79 Å². The van der Waals surface area contributed by atoms with Crippen molar-refractivity contribution in [2.75, 3.05) is 11.9 Å². The minimum atomic E-state index is -0.219. The quantitative estimate of drug-likeness (QED) is 0.430. The average molecular weight is 397 g/mol. The number of hydrogen-bond donors (Lipinski definition) is 0. The molecule has 88 valence electrons. The number of hydrogen-bond acceptors (Lipinski definition) is 2. The van der Waals surface area contributed by atoms with E-state index in [1.807, 2.05) is 19.1 Å². The molecule has 0 radical (unpaired) electrons. The molecule has 0 saturated heterocycles. The topological polar surface area (TPSA) is 26.3 Å². The van der Waals surface area contributed by atoms with Gasteiger partial charge in [0.15, 0.2) is 0 Å². The molecule has 0 heterocycles. The first-order chi connectivity index (χ1) is 7.69. The Morgan fingerprint density at radius 3 is 2.88 bits per heavy atom. The van der Waals surface area contributed by atoms with Crippen LogP contribution in [-0.4, -0.2) is 17.9 Å². The summed E-state index contributed by atoms with van der Waals surface area (Å²) in [5, 5.41) is 0.945. The SMILES string of the molecule is CCOC(=O)c1ccc(I)cc1CCCBr. The van der Waals surface area contributed by atoms with E-state index >= 15 is 0 Å². The minimum absolute atomic E-state index is 0.219. The third-order valence-electron chi connectivity index (χ3n) is 2.14. The molecule has 0 fully saturated rings. The van der Waals surface area contributed by atoms with E-state index in [1.165, 1.54) is 0 Å². The molecule has 1 aromatic rings. The highest BCUT2D eigenvalue weighted by Crippen LogP contribution is 2.17. The van der Waals surface area contributed by atoms with Gasteiger partial charge in [0.05, 0.1) is 12.2 Å². The summed E-state index contributed by atoms with van der Waals surface area (Å²) in [6.07, 6.45) is 1.92. The number of carbonyl (C=O) groups excluding carboxylic acids is 1. The van der Waals surface area contributed by atoms with Crippen LogP contribution in [0.25, 0.3) is 0 Å². The third kappa shape index (κ3) is 4.05. The van der Waals surface area contributed by atoms with Gasteiger partial charge in [0.2, 0.25) is 0 Å². The first-order valence-electron chi connectivity index (χ1n) is 5.20. The van der Waals surface area contributed by atoms with Gasteiger partial charge in [-0.15, -0.1) is 0 Å². The second-order valence-corrected chi connectivity index (χ2v) is 5.35. The number of rotatable bonds is 5. The van der Waals surface area contributed by atoms with Crippen LogP contribution in [0.3, 0.4) is 0 Å². The van der Waals surface area contributed by atoms with Crippen LogP contribution in [0.2, 0.25) is 0 Å². The van der Waals surface area contributed by atoms with Crippen LogP contribution in [0.5, 0.6) is 0 Å². The molecule has 0 aromatic heterocycles. The Balaban J connectivity index is 2.92. The Kier molecular flexibility index (Phi) is 6.34. The molecule has 0 bridgehead atoms. The van der Waals surface area contributed by atoms with Crippen molar-refractivity contribution in [3.05, 3.63) is 32.9 Å². The molecule has 2 nitrogen and oxygen atoms in total. The van der Waals surface area contributed by atoms with Crippen LogP contribution < -0.4 is 0 Å². The number of benzene rings is 1. The molecular weight excluding hydrogens is 383 g/mol. The zero-order valence-electron chi connectivity index (χ0n) is 9.13. The van der Waals surface area contributed by atoms with Gasteiger partial charge in [0.1, 0.15) is 0 Å². The van der Waals surface area contributed by atoms with Crippen LogP contribution in [0, 0.1) is 3.57 Å². The summed E-state index contributed by atoms with van der Waals surface area (Å²) in [5.74, 6) is -0.219. The molecule has 16 heavy (non-hydrogen) atoms. The largest absolute Gasteiger partial charge is 0.462 e. The zero-order chi connectivity index (χ0) is 12.0. The molecule has 0 aliphatic carbocycles. The van der Waals surface area contributed by atoms with Crippen molar-refractivity contribution in [2.24, 2.45) is 0 Å². The molecule has 0 spiro atoms. The fraction of sp³-hybridized carbons (Fsp3) is 0.417. The minimum Gasteiger partial charge on any atom is -0.462 e. The maximum absolute atomic E-state index is 11.7. The summed E-state index contributed by atoms with van der Waals surface area (Å²) in [6, 6.07) is 5.84. The first kappa shape index (κ1) is 14.0. The fourth-order valence-electron chi connectivity index (χ4n) is 1.43. The number of halogens is 2. The Hall–Kier alpha value is -0.100. The van der Waals surface area contributed by atoms with Crippen molar-refractivity contribution in [1.82, 2.24) is 0 Å². The summed E-state index contributed by atoms with van der Waals surface area (Å²) in [7, 11) is 0. The molecule has 1 rings (SSSR count).